The van der Waals surface area contributed by atoms with E-state index in [2.05, 4.69) is 14.4 Å². The predicted octanol–water partition coefficient (Wildman–Crippen LogP) is 1.07. The fourth-order valence-corrected chi connectivity index (χ4v) is 1.61. The van der Waals surface area contributed by atoms with E-state index in [-0.39, 0.29) is 12.5 Å². The molecule has 7 nitrogen and oxygen atoms in total. The first-order valence-electron chi connectivity index (χ1n) is 5.80. The Hall–Kier alpha value is -0.460. The highest BCUT2D eigenvalue weighted by molar-refractivity contribution is 7.47. The number of hydrogen-bond donors (Lipinski definition) is 2. The molecule has 0 rings (SSSR count). The third-order valence-corrected chi connectivity index (χ3v) is 3.13. The molecule has 0 saturated carbocycles. The van der Waals surface area contributed by atoms with Crippen molar-refractivity contribution in [2.45, 2.75) is 25.7 Å². The molecule has 0 aromatic heterocycles. The van der Waals surface area contributed by atoms with Crippen LogP contribution in [0.3, 0.4) is 0 Å². The van der Waals surface area contributed by atoms with Crippen LogP contribution in [0.5, 0.6) is 0 Å². The number of hydrogen-bond acceptors (Lipinski definition) is 5. The summed E-state index contributed by atoms with van der Waals surface area (Å²) in [6.07, 6.45) is 2.60. The van der Waals surface area contributed by atoms with Crippen LogP contribution in [0.4, 0.5) is 0 Å². The van der Waals surface area contributed by atoms with Crippen molar-refractivity contribution in [2.75, 3.05) is 34.0 Å². The minimum atomic E-state index is -3.84. The second-order valence-corrected chi connectivity index (χ2v) is 5.20. The van der Waals surface area contributed by atoms with E-state index in [0.717, 1.165) is 20.0 Å². The molecule has 18 heavy (non-hydrogen) atoms. The standard InChI is InChI=1S/C10H22NO6P/c1-15-9-6-10(12)11-7-4-3-5-8-17-18(13,14)16-2/h3-9H2,1-2H3,(H,11,12)(H,13,14). The normalized spacial score (nSPS) is 14.2. The molecule has 1 amide bonds. The summed E-state index contributed by atoms with van der Waals surface area (Å²) in [5.41, 5.74) is 0. The first-order valence-corrected chi connectivity index (χ1v) is 7.30. The summed E-state index contributed by atoms with van der Waals surface area (Å²) in [6, 6.07) is 0. The van der Waals surface area contributed by atoms with Crippen molar-refractivity contribution >= 4 is 13.7 Å². The van der Waals surface area contributed by atoms with Gasteiger partial charge in [0.1, 0.15) is 0 Å². The molecule has 0 saturated heterocycles. The average Bonchev–Trinajstić information content (AvgIpc) is 2.35. The van der Waals surface area contributed by atoms with Gasteiger partial charge in [-0.2, -0.15) is 0 Å². The number of phosphoric acid groups is 1. The van der Waals surface area contributed by atoms with Crippen LogP contribution in [-0.2, 0) is 23.1 Å². The van der Waals surface area contributed by atoms with Crippen LogP contribution in [0.15, 0.2) is 0 Å². The van der Waals surface area contributed by atoms with Gasteiger partial charge in [0, 0.05) is 27.2 Å². The lowest BCUT2D eigenvalue weighted by Crippen LogP contribution is -2.25. The van der Waals surface area contributed by atoms with Gasteiger partial charge in [-0.1, -0.05) is 0 Å². The molecule has 0 fully saturated rings. The van der Waals surface area contributed by atoms with Crippen molar-refractivity contribution in [3.05, 3.63) is 0 Å². The molecule has 0 aliphatic rings. The quantitative estimate of drug-likeness (QED) is 0.435. The smallest absolute Gasteiger partial charge is 0.384 e. The van der Waals surface area contributed by atoms with Crippen molar-refractivity contribution in [1.82, 2.24) is 5.32 Å². The lowest BCUT2D eigenvalue weighted by atomic mass is 10.2. The fourth-order valence-electron chi connectivity index (χ4n) is 1.15. The van der Waals surface area contributed by atoms with E-state index in [9.17, 15) is 9.36 Å². The van der Waals surface area contributed by atoms with Crippen LogP contribution >= 0.6 is 7.82 Å². The summed E-state index contributed by atoms with van der Waals surface area (Å²) in [7, 11) is -1.17. The van der Waals surface area contributed by atoms with Crippen molar-refractivity contribution in [3.63, 3.8) is 0 Å². The topological polar surface area (TPSA) is 94.1 Å². The van der Waals surface area contributed by atoms with Crippen LogP contribution in [0.1, 0.15) is 25.7 Å². The number of ether oxygens (including phenoxy) is 1. The van der Waals surface area contributed by atoms with Crippen molar-refractivity contribution in [3.8, 4) is 0 Å². The lowest BCUT2D eigenvalue weighted by molar-refractivity contribution is -0.121. The molecule has 1 unspecified atom stereocenters. The Morgan fingerprint density at radius 3 is 2.56 bits per heavy atom. The number of methoxy groups -OCH3 is 1. The Balaban J connectivity index is 3.31. The summed E-state index contributed by atoms with van der Waals surface area (Å²) in [4.78, 5) is 20.1. The average molecular weight is 283 g/mol. The lowest BCUT2D eigenvalue weighted by Gasteiger charge is -2.08. The van der Waals surface area contributed by atoms with Gasteiger partial charge < -0.3 is 14.9 Å². The molecule has 0 aromatic rings. The van der Waals surface area contributed by atoms with E-state index in [1.165, 1.54) is 0 Å². The molecule has 0 aliphatic heterocycles. The van der Waals surface area contributed by atoms with Gasteiger partial charge in [0.15, 0.2) is 0 Å². The number of amides is 1. The first kappa shape index (κ1) is 17.5. The number of nitrogens with one attached hydrogen (secondary N) is 1. The number of unbranched alkanes of at least 4 members (excludes halogenated alkanes) is 2. The molecule has 0 heterocycles. The van der Waals surface area contributed by atoms with Gasteiger partial charge in [-0.3, -0.25) is 13.8 Å². The van der Waals surface area contributed by atoms with Crippen molar-refractivity contribution in [1.29, 1.82) is 0 Å². The summed E-state index contributed by atoms with van der Waals surface area (Å²) >= 11 is 0. The third-order valence-electron chi connectivity index (χ3n) is 2.16. The van der Waals surface area contributed by atoms with Gasteiger partial charge in [0.25, 0.3) is 0 Å². The molecule has 0 radical (unpaired) electrons. The zero-order valence-corrected chi connectivity index (χ0v) is 11.8. The number of phosphoric ester groups is 1. The monoisotopic (exact) mass is 283 g/mol. The molecule has 0 bridgehead atoms. The SMILES string of the molecule is COCCC(=O)NCCCCCOP(=O)(O)OC. The Morgan fingerprint density at radius 2 is 1.94 bits per heavy atom. The van der Waals surface area contributed by atoms with E-state index in [1.807, 2.05) is 0 Å². The van der Waals surface area contributed by atoms with E-state index >= 15 is 0 Å². The summed E-state index contributed by atoms with van der Waals surface area (Å²) < 4.78 is 24.6. The summed E-state index contributed by atoms with van der Waals surface area (Å²) in [5.74, 6) is -0.0349. The second-order valence-electron chi connectivity index (χ2n) is 3.64. The number of rotatable bonds is 11. The van der Waals surface area contributed by atoms with Gasteiger partial charge >= 0.3 is 7.82 Å². The van der Waals surface area contributed by atoms with E-state index in [1.54, 1.807) is 7.11 Å². The zero-order chi connectivity index (χ0) is 13.9. The number of carbonyl (C=O) groups is 1. The summed E-state index contributed by atoms with van der Waals surface area (Å²) in [6.45, 7) is 1.17. The van der Waals surface area contributed by atoms with Gasteiger partial charge in [0.2, 0.25) is 5.91 Å². The van der Waals surface area contributed by atoms with E-state index < -0.39 is 7.82 Å². The molecule has 0 aliphatic carbocycles. The Kier molecular flexibility index (Phi) is 10.2. The van der Waals surface area contributed by atoms with E-state index in [4.69, 9.17) is 9.63 Å². The second kappa shape index (κ2) is 10.5. The minimum absolute atomic E-state index is 0.0349. The Morgan fingerprint density at radius 1 is 1.22 bits per heavy atom. The molecule has 0 spiro atoms. The van der Waals surface area contributed by atoms with Crippen LogP contribution < -0.4 is 5.32 Å². The highest BCUT2D eigenvalue weighted by Gasteiger charge is 2.17. The van der Waals surface area contributed by atoms with Gasteiger partial charge in [-0.05, 0) is 19.3 Å². The highest BCUT2D eigenvalue weighted by Crippen LogP contribution is 2.41. The van der Waals surface area contributed by atoms with Crippen LogP contribution in [0.2, 0.25) is 0 Å². The van der Waals surface area contributed by atoms with Crippen molar-refractivity contribution < 1.29 is 28.0 Å². The van der Waals surface area contributed by atoms with Crippen LogP contribution in [-0.4, -0.2) is 44.8 Å². The van der Waals surface area contributed by atoms with Crippen molar-refractivity contribution in [2.24, 2.45) is 0 Å². The minimum Gasteiger partial charge on any atom is -0.384 e. The molecule has 2 N–H and O–H groups in total. The third kappa shape index (κ3) is 10.7. The maximum atomic E-state index is 11.2. The molecular weight excluding hydrogens is 261 g/mol. The largest absolute Gasteiger partial charge is 0.471 e. The predicted molar refractivity (Wildman–Crippen MR) is 66.1 cm³/mol. The maximum Gasteiger partial charge on any atom is 0.471 e. The van der Waals surface area contributed by atoms with Gasteiger partial charge in [-0.15, -0.1) is 0 Å². The molecular formula is C10H22NO6P. The van der Waals surface area contributed by atoms with Gasteiger partial charge in [0.05, 0.1) is 13.2 Å². The maximum absolute atomic E-state index is 11.2. The highest BCUT2D eigenvalue weighted by atomic mass is 31.2. The summed E-state index contributed by atoms with van der Waals surface area (Å²) in [5, 5.41) is 2.75. The molecule has 1 atom stereocenters. The number of carbonyl (C=O) groups excluding carboxylic acids is 1. The molecule has 108 valence electrons. The van der Waals surface area contributed by atoms with Crippen LogP contribution in [0.25, 0.3) is 0 Å². The first-order chi connectivity index (χ1) is 8.52. The Bertz CT molecular complexity index is 273. The zero-order valence-electron chi connectivity index (χ0n) is 10.9. The molecule has 0 aromatic carbocycles. The van der Waals surface area contributed by atoms with Crippen LogP contribution in [0, 0.1) is 0 Å². The van der Waals surface area contributed by atoms with E-state index in [0.29, 0.717) is 26.0 Å². The molecule has 8 heteroatoms. The fraction of sp³-hybridized carbons (Fsp3) is 0.900. The Labute approximate surface area is 107 Å². The van der Waals surface area contributed by atoms with Gasteiger partial charge in [-0.25, -0.2) is 4.57 Å².